The lowest BCUT2D eigenvalue weighted by atomic mass is 9.94. The normalized spacial score (nSPS) is 19.2. The van der Waals surface area contributed by atoms with Crippen LogP contribution >= 0.6 is 0 Å². The molecule has 0 spiro atoms. The van der Waals surface area contributed by atoms with E-state index in [9.17, 15) is 23.1 Å². The Kier molecular flexibility index (Phi) is 7.38. The largest absolute Gasteiger partial charge is 0.408 e. The van der Waals surface area contributed by atoms with Crippen molar-refractivity contribution in [1.29, 1.82) is 0 Å². The molecule has 2 aliphatic rings. The molecule has 3 aromatic rings. The molecule has 3 N–H and O–H groups in total. The highest BCUT2D eigenvalue weighted by Crippen LogP contribution is 2.35. The minimum Gasteiger partial charge on any atom is -0.390 e. The van der Waals surface area contributed by atoms with E-state index in [2.05, 4.69) is 25.6 Å². The molecule has 0 aromatic carbocycles. The molecule has 2 saturated heterocycles. The molecule has 0 bridgehead atoms. The summed E-state index contributed by atoms with van der Waals surface area (Å²) >= 11 is 0. The first-order valence-electron chi connectivity index (χ1n) is 13.0. The van der Waals surface area contributed by atoms with E-state index in [1.54, 1.807) is 19.2 Å². The number of hydrogen-bond donors (Lipinski definition) is 3. The van der Waals surface area contributed by atoms with E-state index < -0.39 is 23.7 Å². The Morgan fingerprint density at radius 1 is 1.21 bits per heavy atom. The number of anilines is 3. The average Bonchev–Trinajstić information content (AvgIpc) is 3.27. The first-order valence-corrected chi connectivity index (χ1v) is 13.0. The number of nitrogens with one attached hydrogen (secondary N) is 2. The number of piperidine rings is 1. The Morgan fingerprint density at radius 3 is 2.62 bits per heavy atom. The number of ether oxygens (including phenoxy) is 1. The van der Waals surface area contributed by atoms with Gasteiger partial charge in [0.2, 0.25) is 5.95 Å². The summed E-state index contributed by atoms with van der Waals surface area (Å²) in [5.74, 6) is 0.740. The number of hydrogen-bond acceptors (Lipinski definition) is 8. The molecule has 5 rings (SSSR count). The van der Waals surface area contributed by atoms with Gasteiger partial charge in [-0.05, 0) is 45.6 Å². The van der Waals surface area contributed by atoms with Crippen molar-refractivity contribution in [2.24, 2.45) is 0 Å². The van der Waals surface area contributed by atoms with Gasteiger partial charge in [-0.1, -0.05) is 0 Å². The standard InChI is InChI=1S/C26H32F3N7O3/c1-16(26(27,28)29)36-15-19(23(37)32-17-4-11-39-12-5-17)18-14-31-22(13-20(18)36)33-21-3-8-30-24(34-21)35-9-6-25(2,38)7-10-35/h3,8,13-17,38H,4-7,9-12H2,1-2H3,(H,32,37)(H,30,31,33,34). The molecule has 2 fully saturated rings. The van der Waals surface area contributed by atoms with E-state index in [4.69, 9.17) is 4.74 Å². The minimum atomic E-state index is -4.52. The molecule has 5 heterocycles. The van der Waals surface area contributed by atoms with Gasteiger partial charge in [0, 0.05) is 62.4 Å². The van der Waals surface area contributed by atoms with E-state index in [-0.39, 0.29) is 22.9 Å². The van der Waals surface area contributed by atoms with Crippen LogP contribution in [0.1, 0.15) is 55.9 Å². The highest BCUT2D eigenvalue weighted by Gasteiger charge is 2.38. The molecular formula is C26H32F3N7O3. The lowest BCUT2D eigenvalue weighted by Gasteiger charge is -2.35. The van der Waals surface area contributed by atoms with Crippen LogP contribution < -0.4 is 15.5 Å². The smallest absolute Gasteiger partial charge is 0.390 e. The maximum Gasteiger partial charge on any atom is 0.408 e. The van der Waals surface area contributed by atoms with Crippen molar-refractivity contribution < 1.29 is 27.8 Å². The number of rotatable bonds is 6. The number of alkyl halides is 3. The van der Waals surface area contributed by atoms with Gasteiger partial charge in [-0.3, -0.25) is 4.79 Å². The van der Waals surface area contributed by atoms with Crippen LogP contribution in [-0.2, 0) is 4.74 Å². The van der Waals surface area contributed by atoms with Gasteiger partial charge in [0.25, 0.3) is 5.91 Å². The molecule has 1 unspecified atom stereocenters. The maximum absolute atomic E-state index is 13.8. The van der Waals surface area contributed by atoms with Crippen LogP contribution in [0.25, 0.3) is 10.9 Å². The van der Waals surface area contributed by atoms with Gasteiger partial charge in [-0.25, -0.2) is 9.97 Å². The monoisotopic (exact) mass is 547 g/mol. The van der Waals surface area contributed by atoms with Gasteiger partial charge in [0.1, 0.15) is 17.7 Å². The quantitative estimate of drug-likeness (QED) is 0.425. The van der Waals surface area contributed by atoms with Gasteiger partial charge in [-0.15, -0.1) is 0 Å². The Balaban J connectivity index is 1.42. The highest BCUT2D eigenvalue weighted by atomic mass is 19.4. The van der Waals surface area contributed by atoms with E-state index in [0.717, 1.165) is 11.5 Å². The number of aliphatic hydroxyl groups is 1. The fourth-order valence-electron chi connectivity index (χ4n) is 4.87. The van der Waals surface area contributed by atoms with Gasteiger partial charge < -0.3 is 29.9 Å². The number of aromatic nitrogens is 4. The van der Waals surface area contributed by atoms with Crippen LogP contribution in [-0.4, -0.2) is 74.7 Å². The van der Waals surface area contributed by atoms with E-state index in [1.165, 1.54) is 18.5 Å². The molecule has 13 heteroatoms. The summed E-state index contributed by atoms with van der Waals surface area (Å²) in [5.41, 5.74) is -0.353. The zero-order valence-corrected chi connectivity index (χ0v) is 21.8. The summed E-state index contributed by atoms with van der Waals surface area (Å²) in [6, 6.07) is 1.17. The lowest BCUT2D eigenvalue weighted by Crippen LogP contribution is -2.43. The molecule has 1 atom stereocenters. The fraction of sp³-hybridized carbons (Fsp3) is 0.538. The molecular weight excluding hydrogens is 515 g/mol. The van der Waals surface area contributed by atoms with Crippen molar-refractivity contribution in [3.8, 4) is 0 Å². The molecule has 210 valence electrons. The number of pyridine rings is 1. The zero-order chi connectivity index (χ0) is 27.8. The van der Waals surface area contributed by atoms with Gasteiger partial charge in [0.15, 0.2) is 0 Å². The van der Waals surface area contributed by atoms with Gasteiger partial charge >= 0.3 is 6.18 Å². The summed E-state index contributed by atoms with van der Waals surface area (Å²) in [5, 5.41) is 16.5. The molecule has 0 saturated carbocycles. The number of nitrogens with zero attached hydrogens (tertiary/aromatic N) is 5. The van der Waals surface area contributed by atoms with E-state index in [0.29, 0.717) is 69.1 Å². The number of amides is 1. The first-order chi connectivity index (χ1) is 18.5. The molecule has 1 amide bonds. The predicted octanol–water partition coefficient (Wildman–Crippen LogP) is 3.95. The number of fused-ring (bicyclic) bond motifs is 1. The van der Waals surface area contributed by atoms with Crippen LogP contribution in [0.2, 0.25) is 0 Å². The van der Waals surface area contributed by atoms with Crippen molar-refractivity contribution in [2.45, 2.75) is 63.4 Å². The topological polar surface area (TPSA) is 117 Å². The lowest BCUT2D eigenvalue weighted by molar-refractivity contribution is -0.162. The minimum absolute atomic E-state index is 0.100. The Labute approximate surface area is 223 Å². The Bertz CT molecular complexity index is 1330. The highest BCUT2D eigenvalue weighted by molar-refractivity contribution is 6.07. The molecule has 0 radical (unpaired) electrons. The summed E-state index contributed by atoms with van der Waals surface area (Å²) in [6.07, 6.45) is 2.19. The second-order valence-electron chi connectivity index (χ2n) is 10.5. The van der Waals surface area contributed by atoms with Crippen molar-refractivity contribution in [3.63, 3.8) is 0 Å². The summed E-state index contributed by atoms with van der Waals surface area (Å²) < 4.78 is 47.7. The van der Waals surface area contributed by atoms with Crippen LogP contribution in [0, 0.1) is 0 Å². The summed E-state index contributed by atoms with van der Waals surface area (Å²) in [6.45, 7) is 5.11. The van der Waals surface area contributed by atoms with Crippen LogP contribution in [0.3, 0.4) is 0 Å². The SMILES string of the molecule is CC(n1cc(C(=O)NC2CCOCC2)c2cnc(Nc3ccnc(N4CCC(C)(O)CC4)n3)cc21)C(F)(F)F. The fourth-order valence-corrected chi connectivity index (χ4v) is 4.87. The van der Waals surface area contributed by atoms with E-state index >= 15 is 0 Å². The number of halogens is 3. The third-order valence-electron chi connectivity index (χ3n) is 7.43. The maximum atomic E-state index is 13.8. The molecule has 39 heavy (non-hydrogen) atoms. The third kappa shape index (κ3) is 6.09. The molecule has 2 aliphatic heterocycles. The summed E-state index contributed by atoms with van der Waals surface area (Å²) in [4.78, 5) is 28.3. The zero-order valence-electron chi connectivity index (χ0n) is 21.8. The van der Waals surface area contributed by atoms with Gasteiger partial charge in [0.05, 0.1) is 16.7 Å². The second-order valence-corrected chi connectivity index (χ2v) is 10.5. The Morgan fingerprint density at radius 2 is 1.92 bits per heavy atom. The molecule has 3 aromatic heterocycles. The van der Waals surface area contributed by atoms with Gasteiger partial charge in [-0.2, -0.15) is 18.2 Å². The Hall–Kier alpha value is -3.45. The average molecular weight is 548 g/mol. The van der Waals surface area contributed by atoms with Crippen LogP contribution in [0.15, 0.2) is 30.7 Å². The molecule has 10 nitrogen and oxygen atoms in total. The number of carbonyl (C=O) groups is 1. The van der Waals surface area contributed by atoms with Crippen molar-refractivity contribution in [2.75, 3.05) is 36.5 Å². The van der Waals surface area contributed by atoms with Crippen molar-refractivity contribution in [3.05, 3.63) is 36.3 Å². The van der Waals surface area contributed by atoms with E-state index in [1.807, 2.05) is 4.90 Å². The first kappa shape index (κ1) is 27.1. The molecule has 0 aliphatic carbocycles. The van der Waals surface area contributed by atoms with Crippen LogP contribution in [0.4, 0.5) is 30.8 Å². The summed E-state index contributed by atoms with van der Waals surface area (Å²) in [7, 11) is 0. The second kappa shape index (κ2) is 10.6. The van der Waals surface area contributed by atoms with Crippen LogP contribution in [0.5, 0.6) is 0 Å². The van der Waals surface area contributed by atoms with Crippen molar-refractivity contribution >= 4 is 34.4 Å². The number of carbonyl (C=O) groups excluding carboxylic acids is 1. The van der Waals surface area contributed by atoms with Crippen molar-refractivity contribution in [1.82, 2.24) is 24.8 Å². The predicted molar refractivity (Wildman–Crippen MR) is 139 cm³/mol. The third-order valence-corrected chi connectivity index (χ3v) is 7.43.